The molecule has 0 bridgehead atoms. The lowest BCUT2D eigenvalue weighted by Gasteiger charge is -2.08. The molecule has 1 atom stereocenters. The van der Waals surface area contributed by atoms with Crippen LogP contribution in [0.1, 0.15) is 33.5 Å². The van der Waals surface area contributed by atoms with Crippen LogP contribution in [0, 0.1) is 0 Å². The maximum Gasteiger partial charge on any atom is 0.261 e. The van der Waals surface area contributed by atoms with Gasteiger partial charge in [0.15, 0.2) is 0 Å². The normalized spacial score (nSPS) is 16.4. The van der Waals surface area contributed by atoms with E-state index in [9.17, 15) is 9.90 Å². The van der Waals surface area contributed by atoms with E-state index in [1.807, 2.05) is 24.8 Å². The Morgan fingerprint density at radius 3 is 3.18 bits per heavy atom. The van der Waals surface area contributed by atoms with Gasteiger partial charge in [0.05, 0.1) is 11.0 Å². The number of thiophene rings is 1. The first-order valence-corrected chi connectivity index (χ1v) is 7.83. The van der Waals surface area contributed by atoms with Crippen LogP contribution in [0.15, 0.2) is 6.07 Å². The van der Waals surface area contributed by atoms with E-state index in [4.69, 9.17) is 0 Å². The third-order valence-electron chi connectivity index (χ3n) is 2.82. The number of carbonyl (C=O) groups excluding carboxylic acids is 1. The van der Waals surface area contributed by atoms with E-state index in [2.05, 4.69) is 5.32 Å². The second-order valence-corrected chi connectivity index (χ2v) is 6.38. The molecular formula is C12H17NO2S2. The van der Waals surface area contributed by atoms with Crippen molar-refractivity contribution in [3.05, 3.63) is 21.4 Å². The maximum absolute atomic E-state index is 11.9. The summed E-state index contributed by atoms with van der Waals surface area (Å²) in [6.45, 7) is 2.24. The Bertz CT molecular complexity index is 380. The van der Waals surface area contributed by atoms with Crippen molar-refractivity contribution < 1.29 is 9.90 Å². The van der Waals surface area contributed by atoms with Gasteiger partial charge >= 0.3 is 0 Å². The molecule has 0 saturated heterocycles. The van der Waals surface area contributed by atoms with Gasteiger partial charge in [0.2, 0.25) is 0 Å². The van der Waals surface area contributed by atoms with Crippen molar-refractivity contribution in [2.75, 3.05) is 12.3 Å². The zero-order chi connectivity index (χ0) is 12.3. The number of carbonyl (C=O) groups is 1. The highest BCUT2D eigenvalue weighted by atomic mass is 32.2. The van der Waals surface area contributed by atoms with Crippen molar-refractivity contribution in [3.63, 3.8) is 0 Å². The molecule has 1 aromatic heterocycles. The summed E-state index contributed by atoms with van der Waals surface area (Å²) in [5, 5.41) is 12.2. The summed E-state index contributed by atoms with van der Waals surface area (Å²) in [4.78, 5) is 14.0. The van der Waals surface area contributed by atoms with E-state index in [-0.39, 0.29) is 5.91 Å². The van der Waals surface area contributed by atoms with Crippen LogP contribution in [0.5, 0.6) is 0 Å². The molecule has 1 aliphatic rings. The highest BCUT2D eigenvalue weighted by molar-refractivity contribution is 7.98. The predicted molar refractivity (Wildman–Crippen MR) is 72.8 cm³/mol. The van der Waals surface area contributed by atoms with Crippen LogP contribution in [0.4, 0.5) is 0 Å². The smallest absolute Gasteiger partial charge is 0.261 e. The number of rotatable bonds is 4. The number of nitrogens with one attached hydrogen (secondary N) is 1. The van der Waals surface area contributed by atoms with Crippen LogP contribution in [-0.2, 0) is 12.2 Å². The van der Waals surface area contributed by atoms with Gasteiger partial charge in [-0.05, 0) is 30.2 Å². The molecule has 0 aromatic carbocycles. The Morgan fingerprint density at radius 1 is 1.65 bits per heavy atom. The largest absolute Gasteiger partial charge is 0.391 e. The highest BCUT2D eigenvalue weighted by Crippen LogP contribution is 2.31. The van der Waals surface area contributed by atoms with Crippen molar-refractivity contribution in [2.45, 2.75) is 31.6 Å². The molecule has 0 saturated carbocycles. The van der Waals surface area contributed by atoms with Crippen LogP contribution in [0.2, 0.25) is 0 Å². The minimum atomic E-state index is -0.441. The zero-order valence-electron chi connectivity index (χ0n) is 9.86. The second-order valence-electron chi connectivity index (χ2n) is 4.13. The third-order valence-corrected chi connectivity index (χ3v) is 5.06. The van der Waals surface area contributed by atoms with E-state index >= 15 is 0 Å². The molecule has 17 heavy (non-hydrogen) atoms. The third kappa shape index (κ3) is 3.24. The predicted octanol–water partition coefficient (Wildman–Crippen LogP) is 2.04. The van der Waals surface area contributed by atoms with E-state index in [1.165, 1.54) is 10.4 Å². The Morgan fingerprint density at radius 2 is 2.47 bits per heavy atom. The molecular weight excluding hydrogens is 254 g/mol. The summed E-state index contributed by atoms with van der Waals surface area (Å²) in [6, 6.07) is 2.00. The first-order valence-electron chi connectivity index (χ1n) is 5.86. The van der Waals surface area contributed by atoms with Gasteiger partial charge in [-0.15, -0.1) is 11.3 Å². The number of amides is 1. The zero-order valence-corrected chi connectivity index (χ0v) is 11.5. The number of hydrogen-bond donors (Lipinski definition) is 2. The van der Waals surface area contributed by atoms with Gasteiger partial charge in [-0.25, -0.2) is 0 Å². The maximum atomic E-state index is 11.9. The number of hydrogen-bond acceptors (Lipinski definition) is 4. The fraction of sp³-hybridized carbons (Fsp3) is 0.583. The lowest BCUT2D eigenvalue weighted by atomic mass is 10.2. The van der Waals surface area contributed by atoms with Gasteiger partial charge in [0, 0.05) is 17.2 Å². The first-order chi connectivity index (χ1) is 8.20. The van der Waals surface area contributed by atoms with Gasteiger partial charge in [-0.2, -0.15) is 11.8 Å². The molecule has 0 fully saturated rings. The SMILES string of the molecule is CCC(O)CNC(=O)c1cc2c(s1)CCSC2. The molecule has 3 nitrogen and oxygen atoms in total. The van der Waals surface area contributed by atoms with Gasteiger partial charge in [-0.1, -0.05) is 6.92 Å². The molecule has 0 radical (unpaired) electrons. The molecule has 2 rings (SSSR count). The Kier molecular flexibility index (Phi) is 4.48. The number of aliphatic hydroxyl groups is 1. The minimum Gasteiger partial charge on any atom is -0.391 e. The monoisotopic (exact) mass is 271 g/mol. The topological polar surface area (TPSA) is 49.3 Å². The van der Waals surface area contributed by atoms with Gasteiger partial charge in [-0.3, -0.25) is 4.79 Å². The lowest BCUT2D eigenvalue weighted by Crippen LogP contribution is -2.31. The molecule has 1 aliphatic heterocycles. The molecule has 1 unspecified atom stereocenters. The van der Waals surface area contributed by atoms with Crippen LogP contribution in [-0.4, -0.2) is 29.4 Å². The van der Waals surface area contributed by atoms with Crippen molar-refractivity contribution in [1.29, 1.82) is 0 Å². The molecule has 2 N–H and O–H groups in total. The molecule has 2 heterocycles. The standard InChI is InChI=1S/C12H17NO2S2/c1-2-9(14)6-13-12(15)11-5-8-7-16-4-3-10(8)17-11/h5,9,14H,2-4,6-7H2,1H3,(H,13,15). The summed E-state index contributed by atoms with van der Waals surface area (Å²) in [7, 11) is 0. The highest BCUT2D eigenvalue weighted by Gasteiger charge is 2.17. The summed E-state index contributed by atoms with van der Waals surface area (Å²) in [5.74, 6) is 2.13. The molecule has 5 heteroatoms. The van der Waals surface area contributed by atoms with E-state index < -0.39 is 6.10 Å². The van der Waals surface area contributed by atoms with Crippen LogP contribution in [0.3, 0.4) is 0 Å². The van der Waals surface area contributed by atoms with Crippen molar-refractivity contribution in [2.24, 2.45) is 0 Å². The summed E-state index contributed by atoms with van der Waals surface area (Å²) < 4.78 is 0. The molecule has 1 aromatic rings. The Hall–Kier alpha value is -0.520. The molecule has 0 aliphatic carbocycles. The second kappa shape index (κ2) is 5.89. The van der Waals surface area contributed by atoms with E-state index in [0.29, 0.717) is 13.0 Å². The summed E-state index contributed by atoms with van der Waals surface area (Å²) in [5.41, 5.74) is 1.31. The molecule has 94 valence electrons. The molecule has 1 amide bonds. The van der Waals surface area contributed by atoms with Gasteiger partial charge < -0.3 is 10.4 Å². The minimum absolute atomic E-state index is 0.0538. The quantitative estimate of drug-likeness (QED) is 0.881. The van der Waals surface area contributed by atoms with Crippen molar-refractivity contribution in [3.8, 4) is 0 Å². The summed E-state index contributed by atoms with van der Waals surface area (Å²) in [6.07, 6.45) is 1.30. The number of thioether (sulfide) groups is 1. The Balaban J connectivity index is 1.97. The average molecular weight is 271 g/mol. The lowest BCUT2D eigenvalue weighted by molar-refractivity contribution is 0.0918. The summed E-state index contributed by atoms with van der Waals surface area (Å²) >= 11 is 3.52. The van der Waals surface area contributed by atoms with E-state index in [1.54, 1.807) is 11.3 Å². The molecule has 0 spiro atoms. The number of aliphatic hydroxyl groups excluding tert-OH is 1. The number of aryl methyl sites for hydroxylation is 1. The van der Waals surface area contributed by atoms with Crippen molar-refractivity contribution in [1.82, 2.24) is 5.32 Å². The fourth-order valence-electron chi connectivity index (χ4n) is 1.70. The fourth-order valence-corrected chi connectivity index (χ4v) is 3.99. The van der Waals surface area contributed by atoms with E-state index in [0.717, 1.165) is 22.8 Å². The number of fused-ring (bicyclic) bond motifs is 1. The van der Waals surface area contributed by atoms with Crippen molar-refractivity contribution >= 4 is 29.0 Å². The van der Waals surface area contributed by atoms with Crippen LogP contribution >= 0.6 is 23.1 Å². The average Bonchev–Trinajstić information content (AvgIpc) is 2.79. The van der Waals surface area contributed by atoms with Crippen LogP contribution in [0.25, 0.3) is 0 Å². The van der Waals surface area contributed by atoms with Crippen LogP contribution < -0.4 is 5.32 Å². The van der Waals surface area contributed by atoms with Gasteiger partial charge in [0.1, 0.15) is 0 Å². The van der Waals surface area contributed by atoms with Gasteiger partial charge in [0.25, 0.3) is 5.91 Å². The Labute approximate surface area is 110 Å². The first kappa shape index (κ1) is 12.9.